The zero-order valence-corrected chi connectivity index (χ0v) is 8.77. The molecule has 15 heavy (non-hydrogen) atoms. The predicted molar refractivity (Wildman–Crippen MR) is 60.5 cm³/mol. The second-order valence-electron chi connectivity index (χ2n) is 2.94. The molecule has 3 heteroatoms. The number of nitrogens with one attached hydrogen (secondary N) is 1. The van der Waals surface area contributed by atoms with Crippen molar-refractivity contribution in [1.82, 2.24) is 5.32 Å². The van der Waals surface area contributed by atoms with Gasteiger partial charge in [0.15, 0.2) is 0 Å². The van der Waals surface area contributed by atoms with Crippen molar-refractivity contribution >= 4 is 12.2 Å². The normalized spacial score (nSPS) is 10.2. The van der Waals surface area contributed by atoms with Crippen LogP contribution in [0.1, 0.15) is 12.5 Å². The second-order valence-corrected chi connectivity index (χ2v) is 2.94. The molecule has 1 amide bonds. The number of carbonyl (C=O) groups is 1. The van der Waals surface area contributed by atoms with E-state index in [1.165, 1.54) is 0 Å². The molecule has 0 aliphatic rings. The van der Waals surface area contributed by atoms with Crippen molar-refractivity contribution in [2.75, 3.05) is 13.2 Å². The van der Waals surface area contributed by atoms with Gasteiger partial charge in [-0.2, -0.15) is 0 Å². The molecule has 1 rings (SSSR count). The summed E-state index contributed by atoms with van der Waals surface area (Å²) in [5.74, 6) is 0. The van der Waals surface area contributed by atoms with Crippen LogP contribution in [0, 0.1) is 0 Å². The molecule has 0 atom stereocenters. The fraction of sp³-hybridized carbons (Fsp3) is 0.250. The van der Waals surface area contributed by atoms with Crippen molar-refractivity contribution in [2.24, 2.45) is 0 Å². The summed E-state index contributed by atoms with van der Waals surface area (Å²) < 4.78 is 4.87. The Balaban J connectivity index is 2.26. The summed E-state index contributed by atoms with van der Waals surface area (Å²) >= 11 is 0. The van der Waals surface area contributed by atoms with Gasteiger partial charge in [-0.25, -0.2) is 4.79 Å². The van der Waals surface area contributed by atoms with E-state index in [1.54, 1.807) is 0 Å². The molecule has 0 fully saturated rings. The van der Waals surface area contributed by atoms with Gasteiger partial charge in [-0.1, -0.05) is 36.4 Å². The van der Waals surface area contributed by atoms with Crippen LogP contribution < -0.4 is 5.32 Å². The molecule has 1 aromatic rings. The van der Waals surface area contributed by atoms with E-state index in [0.717, 1.165) is 5.56 Å². The third-order valence-electron chi connectivity index (χ3n) is 1.74. The van der Waals surface area contributed by atoms with Crippen LogP contribution in [0.15, 0.2) is 36.4 Å². The highest BCUT2D eigenvalue weighted by Gasteiger charge is 1.94. The summed E-state index contributed by atoms with van der Waals surface area (Å²) in [7, 11) is 0. The maximum Gasteiger partial charge on any atom is 0.407 e. The summed E-state index contributed by atoms with van der Waals surface area (Å²) in [5.41, 5.74) is 1.09. The maximum absolute atomic E-state index is 10.9. The quantitative estimate of drug-likeness (QED) is 0.819. The molecule has 3 nitrogen and oxygen atoms in total. The van der Waals surface area contributed by atoms with Gasteiger partial charge in [-0.05, 0) is 18.6 Å². The standard InChI is InChI=1S/C12H15NO2/c1-2-13-12(14)15-10-6-9-11-7-4-3-5-8-11/h3-9H,2,10H2,1H3,(H,13,14)/b9-6+. The van der Waals surface area contributed by atoms with Gasteiger partial charge >= 0.3 is 6.09 Å². The maximum atomic E-state index is 10.9. The van der Waals surface area contributed by atoms with E-state index < -0.39 is 0 Å². The first kappa shape index (κ1) is 11.3. The van der Waals surface area contributed by atoms with Gasteiger partial charge < -0.3 is 10.1 Å². The minimum Gasteiger partial charge on any atom is -0.445 e. The summed E-state index contributed by atoms with van der Waals surface area (Å²) in [5, 5.41) is 2.55. The average Bonchev–Trinajstić information content (AvgIpc) is 2.26. The van der Waals surface area contributed by atoms with E-state index >= 15 is 0 Å². The van der Waals surface area contributed by atoms with E-state index in [1.807, 2.05) is 49.4 Å². The SMILES string of the molecule is CCNC(=O)OC/C=C/c1ccccc1. The Bertz CT molecular complexity index is 320. The van der Waals surface area contributed by atoms with E-state index in [-0.39, 0.29) is 6.09 Å². The van der Waals surface area contributed by atoms with E-state index in [0.29, 0.717) is 13.2 Å². The highest BCUT2D eigenvalue weighted by atomic mass is 16.5. The molecular weight excluding hydrogens is 190 g/mol. The summed E-state index contributed by atoms with van der Waals surface area (Å²) in [6, 6.07) is 9.86. The first-order chi connectivity index (χ1) is 7.33. The lowest BCUT2D eigenvalue weighted by molar-refractivity contribution is 0.159. The van der Waals surface area contributed by atoms with Gasteiger partial charge in [0.2, 0.25) is 0 Å². The van der Waals surface area contributed by atoms with E-state index in [9.17, 15) is 4.79 Å². The first-order valence-electron chi connectivity index (χ1n) is 4.95. The Morgan fingerprint density at radius 1 is 1.40 bits per heavy atom. The lowest BCUT2D eigenvalue weighted by Crippen LogP contribution is -2.23. The van der Waals surface area contributed by atoms with Crippen molar-refractivity contribution in [3.8, 4) is 0 Å². The van der Waals surface area contributed by atoms with Crippen molar-refractivity contribution in [3.63, 3.8) is 0 Å². The third-order valence-corrected chi connectivity index (χ3v) is 1.74. The molecule has 0 heterocycles. The molecule has 0 radical (unpaired) electrons. The Morgan fingerprint density at radius 2 is 2.13 bits per heavy atom. The molecule has 0 aliphatic carbocycles. The van der Waals surface area contributed by atoms with E-state index in [2.05, 4.69) is 5.32 Å². The second kappa shape index (κ2) is 6.65. The predicted octanol–water partition coefficient (Wildman–Crippen LogP) is 2.45. The zero-order valence-electron chi connectivity index (χ0n) is 8.77. The van der Waals surface area contributed by atoms with Crippen LogP contribution >= 0.6 is 0 Å². The minimum absolute atomic E-state index is 0.292. The number of carbonyl (C=O) groups excluding carboxylic acids is 1. The number of hydrogen-bond donors (Lipinski definition) is 1. The lowest BCUT2D eigenvalue weighted by atomic mass is 10.2. The molecular formula is C12H15NO2. The smallest absolute Gasteiger partial charge is 0.407 e. The highest BCUT2D eigenvalue weighted by molar-refractivity contribution is 5.67. The number of benzene rings is 1. The van der Waals surface area contributed by atoms with Crippen molar-refractivity contribution in [2.45, 2.75) is 6.92 Å². The van der Waals surface area contributed by atoms with Crippen LogP contribution in [0.25, 0.3) is 6.08 Å². The largest absolute Gasteiger partial charge is 0.445 e. The highest BCUT2D eigenvalue weighted by Crippen LogP contribution is 2.00. The van der Waals surface area contributed by atoms with Crippen molar-refractivity contribution < 1.29 is 9.53 Å². The monoisotopic (exact) mass is 205 g/mol. The molecule has 0 saturated carbocycles. The fourth-order valence-corrected chi connectivity index (χ4v) is 1.07. The van der Waals surface area contributed by atoms with Gasteiger partial charge in [0, 0.05) is 6.54 Å². The molecule has 1 N–H and O–H groups in total. The summed E-state index contributed by atoms with van der Waals surface area (Å²) in [6.45, 7) is 2.73. The average molecular weight is 205 g/mol. The molecule has 0 bridgehead atoms. The van der Waals surface area contributed by atoms with Crippen LogP contribution in [0.5, 0.6) is 0 Å². The number of alkyl carbamates (subject to hydrolysis) is 1. The number of hydrogen-bond acceptors (Lipinski definition) is 2. The molecule has 1 aromatic carbocycles. The fourth-order valence-electron chi connectivity index (χ4n) is 1.07. The molecule has 0 unspecified atom stereocenters. The number of amides is 1. The Labute approximate surface area is 89.8 Å². The van der Waals surface area contributed by atoms with Gasteiger partial charge in [-0.3, -0.25) is 0 Å². The zero-order chi connectivity index (χ0) is 10.9. The van der Waals surface area contributed by atoms with Crippen molar-refractivity contribution in [1.29, 1.82) is 0 Å². The van der Waals surface area contributed by atoms with Gasteiger partial charge in [0.1, 0.15) is 6.61 Å². The molecule has 0 aliphatic heterocycles. The first-order valence-corrected chi connectivity index (χ1v) is 4.95. The van der Waals surface area contributed by atoms with Gasteiger partial charge in [-0.15, -0.1) is 0 Å². The summed E-state index contributed by atoms with van der Waals surface area (Å²) in [6.07, 6.45) is 3.35. The summed E-state index contributed by atoms with van der Waals surface area (Å²) in [4.78, 5) is 10.9. The van der Waals surface area contributed by atoms with Crippen LogP contribution in [-0.4, -0.2) is 19.2 Å². The number of rotatable bonds is 4. The van der Waals surface area contributed by atoms with Crippen LogP contribution in [0.2, 0.25) is 0 Å². The Hall–Kier alpha value is -1.77. The van der Waals surface area contributed by atoms with Gasteiger partial charge in [0.05, 0.1) is 0 Å². The molecule has 0 spiro atoms. The van der Waals surface area contributed by atoms with E-state index in [4.69, 9.17) is 4.74 Å². The van der Waals surface area contributed by atoms with Crippen LogP contribution in [0.4, 0.5) is 4.79 Å². The van der Waals surface area contributed by atoms with Crippen molar-refractivity contribution in [3.05, 3.63) is 42.0 Å². The lowest BCUT2D eigenvalue weighted by Gasteiger charge is -2.01. The molecule has 0 saturated heterocycles. The third kappa shape index (κ3) is 4.86. The van der Waals surface area contributed by atoms with Crippen LogP contribution in [0.3, 0.4) is 0 Å². The molecule has 0 aromatic heterocycles. The van der Waals surface area contributed by atoms with Crippen LogP contribution in [-0.2, 0) is 4.74 Å². The Morgan fingerprint density at radius 3 is 2.80 bits per heavy atom. The minimum atomic E-state index is -0.379. The Kier molecular flexibility index (Phi) is 5.01. The van der Waals surface area contributed by atoms with Gasteiger partial charge in [0.25, 0.3) is 0 Å². The topological polar surface area (TPSA) is 38.3 Å². The molecule has 80 valence electrons. The number of ether oxygens (including phenoxy) is 1.